The molecule has 1 fully saturated rings. The van der Waals surface area contributed by atoms with Crippen LogP contribution in [0.25, 0.3) is 0 Å². The maximum atomic E-state index is 12.2. The summed E-state index contributed by atoms with van der Waals surface area (Å²) in [5.41, 5.74) is 0.691. The number of amides is 2. The maximum Gasteiger partial charge on any atom is 0.252 e. The average molecular weight is 346 g/mol. The third-order valence-electron chi connectivity index (χ3n) is 3.99. The molecule has 2 heterocycles. The van der Waals surface area contributed by atoms with Gasteiger partial charge in [-0.3, -0.25) is 9.59 Å². The van der Waals surface area contributed by atoms with Crippen molar-refractivity contribution in [3.63, 3.8) is 0 Å². The van der Waals surface area contributed by atoms with E-state index in [1.54, 1.807) is 6.07 Å². The van der Waals surface area contributed by atoms with Gasteiger partial charge in [0.25, 0.3) is 5.91 Å². The molecule has 1 aliphatic rings. The Morgan fingerprint density at radius 2 is 2.23 bits per heavy atom. The molecule has 2 unspecified atom stereocenters. The Balaban J connectivity index is 0.00000242. The fourth-order valence-corrected chi connectivity index (χ4v) is 3.13. The van der Waals surface area contributed by atoms with Gasteiger partial charge < -0.3 is 15.5 Å². The van der Waals surface area contributed by atoms with Gasteiger partial charge in [-0.2, -0.15) is 11.3 Å². The average Bonchev–Trinajstić information content (AvgIpc) is 3.00. The summed E-state index contributed by atoms with van der Waals surface area (Å²) < 4.78 is 0. The van der Waals surface area contributed by atoms with Crippen LogP contribution in [0.15, 0.2) is 16.8 Å². The van der Waals surface area contributed by atoms with Gasteiger partial charge in [0, 0.05) is 49.1 Å². The number of thiophene rings is 1. The summed E-state index contributed by atoms with van der Waals surface area (Å²) in [6.45, 7) is 6.34. The maximum absolute atomic E-state index is 12.2. The van der Waals surface area contributed by atoms with Crippen molar-refractivity contribution in [3.05, 3.63) is 22.4 Å². The van der Waals surface area contributed by atoms with E-state index in [-0.39, 0.29) is 30.3 Å². The Bertz CT molecular complexity index is 481. The molecule has 0 radical (unpaired) electrons. The molecule has 0 aliphatic carbocycles. The van der Waals surface area contributed by atoms with Gasteiger partial charge in [-0.1, -0.05) is 0 Å². The van der Waals surface area contributed by atoms with E-state index in [9.17, 15) is 9.59 Å². The predicted octanol–water partition coefficient (Wildman–Crippen LogP) is 1.89. The van der Waals surface area contributed by atoms with E-state index in [1.165, 1.54) is 11.3 Å². The Morgan fingerprint density at radius 3 is 2.91 bits per heavy atom. The highest BCUT2D eigenvalue weighted by Gasteiger charge is 2.27. The summed E-state index contributed by atoms with van der Waals surface area (Å²) in [5.74, 6) is 0.119. The van der Waals surface area contributed by atoms with Crippen molar-refractivity contribution in [2.24, 2.45) is 0 Å². The van der Waals surface area contributed by atoms with Crippen LogP contribution in [0.2, 0.25) is 0 Å². The molecular weight excluding hydrogens is 322 g/mol. The van der Waals surface area contributed by atoms with Crippen LogP contribution in [0.4, 0.5) is 0 Å². The van der Waals surface area contributed by atoms with E-state index in [4.69, 9.17) is 0 Å². The third-order valence-corrected chi connectivity index (χ3v) is 4.67. The molecule has 1 saturated heterocycles. The van der Waals surface area contributed by atoms with Crippen molar-refractivity contribution in [1.82, 2.24) is 15.5 Å². The molecule has 0 spiro atoms. The van der Waals surface area contributed by atoms with E-state index >= 15 is 0 Å². The Hall–Kier alpha value is -1.11. The van der Waals surface area contributed by atoms with Crippen LogP contribution in [-0.4, -0.2) is 48.4 Å². The number of nitrogens with one attached hydrogen (secondary N) is 2. The summed E-state index contributed by atoms with van der Waals surface area (Å²) in [4.78, 5) is 25.9. The van der Waals surface area contributed by atoms with Crippen LogP contribution < -0.4 is 10.6 Å². The predicted molar refractivity (Wildman–Crippen MR) is 91.8 cm³/mol. The molecule has 1 aromatic heterocycles. The topological polar surface area (TPSA) is 61.4 Å². The number of halogens is 1. The normalized spacial score (nSPS) is 21.1. The molecule has 2 N–H and O–H groups in total. The number of carbonyl (C=O) groups excluding carboxylic acids is 2. The van der Waals surface area contributed by atoms with Gasteiger partial charge in [-0.25, -0.2) is 0 Å². The molecule has 5 nitrogen and oxygen atoms in total. The Labute approximate surface area is 141 Å². The smallest absolute Gasteiger partial charge is 0.252 e. The quantitative estimate of drug-likeness (QED) is 0.801. The Morgan fingerprint density at radius 1 is 1.45 bits per heavy atom. The fraction of sp³-hybridized carbons (Fsp3) is 0.600. The molecule has 0 saturated carbocycles. The monoisotopic (exact) mass is 345 g/mol. The lowest BCUT2D eigenvalue weighted by Crippen LogP contribution is -2.57. The summed E-state index contributed by atoms with van der Waals surface area (Å²) in [6, 6.07) is 2.36. The zero-order valence-corrected chi connectivity index (χ0v) is 14.6. The molecule has 2 rings (SSSR count). The van der Waals surface area contributed by atoms with E-state index in [2.05, 4.69) is 24.5 Å². The van der Waals surface area contributed by atoms with Gasteiger partial charge in [0.05, 0.1) is 0 Å². The second-order valence-corrected chi connectivity index (χ2v) is 6.22. The zero-order valence-electron chi connectivity index (χ0n) is 13.0. The van der Waals surface area contributed by atoms with Crippen LogP contribution in [-0.2, 0) is 4.79 Å². The standard InChI is InChI=1S/C15H23N3O2S.ClH/c1-11-12(2)18(8-7-16-11)14(19)4-3-6-17-15(20)13-5-9-21-10-13;/h5,9-12,16H,3-4,6-8H2,1-2H3,(H,17,20);1H. The second kappa shape index (κ2) is 9.12. The highest BCUT2D eigenvalue weighted by atomic mass is 35.5. The number of hydrogen-bond acceptors (Lipinski definition) is 4. The SMILES string of the molecule is CC1NCCN(C(=O)CCCNC(=O)c2ccsc2)C1C.Cl. The van der Waals surface area contributed by atoms with Crippen LogP contribution in [0.5, 0.6) is 0 Å². The van der Waals surface area contributed by atoms with E-state index in [0.717, 1.165) is 13.1 Å². The van der Waals surface area contributed by atoms with Gasteiger partial charge in [-0.05, 0) is 31.7 Å². The zero-order chi connectivity index (χ0) is 15.2. The lowest BCUT2D eigenvalue weighted by atomic mass is 10.1. The molecule has 1 aromatic rings. The minimum atomic E-state index is -0.0622. The van der Waals surface area contributed by atoms with E-state index in [1.807, 2.05) is 15.7 Å². The van der Waals surface area contributed by atoms with Crippen LogP contribution in [0, 0.1) is 0 Å². The molecule has 124 valence electrons. The van der Waals surface area contributed by atoms with Crippen LogP contribution in [0.1, 0.15) is 37.0 Å². The molecule has 0 aromatic carbocycles. The molecule has 7 heteroatoms. The third kappa shape index (κ3) is 4.97. The molecule has 2 atom stereocenters. The van der Waals surface area contributed by atoms with Crippen molar-refractivity contribution >= 4 is 35.6 Å². The van der Waals surface area contributed by atoms with Crippen LogP contribution >= 0.6 is 23.7 Å². The van der Waals surface area contributed by atoms with Gasteiger partial charge in [0.2, 0.25) is 5.91 Å². The first-order chi connectivity index (χ1) is 10.1. The van der Waals surface area contributed by atoms with Gasteiger partial charge >= 0.3 is 0 Å². The largest absolute Gasteiger partial charge is 0.352 e. The van der Waals surface area contributed by atoms with Crippen molar-refractivity contribution in [3.8, 4) is 0 Å². The number of rotatable bonds is 5. The first-order valence-electron chi connectivity index (χ1n) is 7.43. The highest BCUT2D eigenvalue weighted by Crippen LogP contribution is 2.11. The number of carbonyl (C=O) groups is 2. The lowest BCUT2D eigenvalue weighted by molar-refractivity contribution is -0.134. The summed E-state index contributed by atoms with van der Waals surface area (Å²) >= 11 is 1.50. The lowest BCUT2D eigenvalue weighted by Gasteiger charge is -2.38. The van der Waals surface area contributed by atoms with E-state index < -0.39 is 0 Å². The van der Waals surface area contributed by atoms with E-state index in [0.29, 0.717) is 31.0 Å². The van der Waals surface area contributed by atoms with Crippen LogP contribution in [0.3, 0.4) is 0 Å². The van der Waals surface area contributed by atoms with Crippen molar-refractivity contribution in [1.29, 1.82) is 0 Å². The minimum Gasteiger partial charge on any atom is -0.352 e. The molecule has 22 heavy (non-hydrogen) atoms. The van der Waals surface area contributed by atoms with Crippen molar-refractivity contribution in [2.75, 3.05) is 19.6 Å². The number of nitrogens with zero attached hydrogens (tertiary/aromatic N) is 1. The highest BCUT2D eigenvalue weighted by molar-refractivity contribution is 7.08. The van der Waals surface area contributed by atoms with Crippen molar-refractivity contribution < 1.29 is 9.59 Å². The molecular formula is C15H24ClN3O2S. The minimum absolute atomic E-state index is 0. The fourth-order valence-electron chi connectivity index (χ4n) is 2.49. The van der Waals surface area contributed by atoms with Gasteiger partial charge in [-0.15, -0.1) is 12.4 Å². The van der Waals surface area contributed by atoms with Gasteiger partial charge in [0.15, 0.2) is 0 Å². The Kier molecular flexibility index (Phi) is 7.85. The summed E-state index contributed by atoms with van der Waals surface area (Å²) in [7, 11) is 0. The first-order valence-corrected chi connectivity index (χ1v) is 8.37. The summed E-state index contributed by atoms with van der Waals surface area (Å²) in [6.07, 6.45) is 1.17. The van der Waals surface area contributed by atoms with Crippen molar-refractivity contribution in [2.45, 2.75) is 38.8 Å². The number of piperazine rings is 1. The first kappa shape index (κ1) is 18.9. The molecule has 1 aliphatic heterocycles. The summed E-state index contributed by atoms with van der Waals surface area (Å²) in [5, 5.41) is 9.92. The molecule has 2 amide bonds. The molecule has 0 bridgehead atoms. The second-order valence-electron chi connectivity index (χ2n) is 5.44. The number of hydrogen-bond donors (Lipinski definition) is 2. The van der Waals surface area contributed by atoms with Gasteiger partial charge in [0.1, 0.15) is 0 Å².